The molecule has 0 bridgehead atoms. The second-order valence-electron chi connectivity index (χ2n) is 5.56. The number of nitrogens with one attached hydrogen (secondary N) is 2. The second kappa shape index (κ2) is 7.48. The van der Waals surface area contributed by atoms with E-state index >= 15 is 0 Å². The molecular formula is C16H21ClN4O2. The molecule has 1 aliphatic heterocycles. The van der Waals surface area contributed by atoms with E-state index in [0.29, 0.717) is 18.2 Å². The lowest BCUT2D eigenvalue weighted by Gasteiger charge is -2.26. The maximum atomic E-state index is 12.1. The molecule has 2 heterocycles. The van der Waals surface area contributed by atoms with Crippen LogP contribution in [0, 0.1) is 12.8 Å². The number of aromatic nitrogens is 2. The quantitative estimate of drug-likeness (QED) is 0.869. The SMILES string of the molecule is COc1ccc(C)cc1-n1ccc(C(=O)NCC2CNC2)n1.Cl. The molecule has 2 N–H and O–H groups in total. The summed E-state index contributed by atoms with van der Waals surface area (Å²) in [6.07, 6.45) is 1.77. The van der Waals surface area contributed by atoms with Gasteiger partial charge in [-0.2, -0.15) is 5.10 Å². The summed E-state index contributed by atoms with van der Waals surface area (Å²) in [5.74, 6) is 1.11. The van der Waals surface area contributed by atoms with Crippen LogP contribution in [-0.2, 0) is 0 Å². The molecule has 0 atom stereocenters. The molecule has 2 aromatic rings. The van der Waals surface area contributed by atoms with Crippen LogP contribution in [-0.4, -0.2) is 42.4 Å². The van der Waals surface area contributed by atoms with E-state index in [1.54, 1.807) is 24.1 Å². The van der Waals surface area contributed by atoms with Crippen molar-refractivity contribution in [3.05, 3.63) is 41.7 Å². The summed E-state index contributed by atoms with van der Waals surface area (Å²) in [5, 5.41) is 10.5. The Labute approximate surface area is 141 Å². The van der Waals surface area contributed by atoms with Crippen LogP contribution < -0.4 is 15.4 Å². The van der Waals surface area contributed by atoms with Crippen molar-refractivity contribution in [3.63, 3.8) is 0 Å². The van der Waals surface area contributed by atoms with Gasteiger partial charge in [0.25, 0.3) is 5.91 Å². The zero-order chi connectivity index (χ0) is 15.5. The summed E-state index contributed by atoms with van der Waals surface area (Å²) < 4.78 is 7.03. The average Bonchev–Trinajstić information content (AvgIpc) is 2.95. The van der Waals surface area contributed by atoms with Crippen LogP contribution in [0.15, 0.2) is 30.5 Å². The largest absolute Gasteiger partial charge is 0.494 e. The molecule has 1 amide bonds. The molecule has 1 aromatic heterocycles. The standard InChI is InChI=1S/C16H20N4O2.ClH/c1-11-3-4-15(22-2)14(7-11)20-6-5-13(19-20)16(21)18-10-12-8-17-9-12;/h3-7,12,17H,8-10H2,1-2H3,(H,18,21);1H. The number of hydrogen-bond acceptors (Lipinski definition) is 4. The Morgan fingerprint density at radius 1 is 1.43 bits per heavy atom. The van der Waals surface area contributed by atoms with Crippen molar-refractivity contribution in [1.29, 1.82) is 0 Å². The fourth-order valence-electron chi connectivity index (χ4n) is 2.38. The van der Waals surface area contributed by atoms with E-state index in [-0.39, 0.29) is 18.3 Å². The Hall–Kier alpha value is -2.05. The number of methoxy groups -OCH3 is 1. The van der Waals surface area contributed by atoms with Crippen LogP contribution in [0.5, 0.6) is 5.75 Å². The zero-order valence-corrected chi connectivity index (χ0v) is 14.0. The lowest BCUT2D eigenvalue weighted by Crippen LogP contribution is -2.48. The molecule has 3 rings (SSSR count). The first-order chi connectivity index (χ1) is 10.7. The van der Waals surface area contributed by atoms with Crippen molar-refractivity contribution >= 4 is 18.3 Å². The Morgan fingerprint density at radius 2 is 2.22 bits per heavy atom. The van der Waals surface area contributed by atoms with E-state index in [0.717, 1.165) is 30.1 Å². The third-order valence-electron chi connectivity index (χ3n) is 3.82. The zero-order valence-electron chi connectivity index (χ0n) is 13.2. The molecular weight excluding hydrogens is 316 g/mol. The van der Waals surface area contributed by atoms with Crippen LogP contribution in [0.3, 0.4) is 0 Å². The topological polar surface area (TPSA) is 68.2 Å². The second-order valence-corrected chi connectivity index (χ2v) is 5.56. The van der Waals surface area contributed by atoms with Crippen molar-refractivity contribution in [2.75, 3.05) is 26.7 Å². The molecule has 7 heteroatoms. The number of halogens is 1. The minimum atomic E-state index is -0.141. The predicted molar refractivity (Wildman–Crippen MR) is 90.8 cm³/mol. The van der Waals surface area contributed by atoms with E-state index in [1.165, 1.54) is 0 Å². The molecule has 0 radical (unpaired) electrons. The van der Waals surface area contributed by atoms with Crippen LogP contribution in [0.4, 0.5) is 0 Å². The summed E-state index contributed by atoms with van der Waals surface area (Å²) >= 11 is 0. The number of nitrogens with zero attached hydrogens (tertiary/aromatic N) is 2. The molecule has 1 aromatic carbocycles. The van der Waals surface area contributed by atoms with Gasteiger partial charge in [-0.15, -0.1) is 12.4 Å². The monoisotopic (exact) mass is 336 g/mol. The Bertz CT molecular complexity index is 682. The van der Waals surface area contributed by atoms with Gasteiger partial charge in [-0.05, 0) is 30.7 Å². The number of aryl methyl sites for hydroxylation is 1. The number of carbonyl (C=O) groups excluding carboxylic acids is 1. The van der Waals surface area contributed by atoms with Crippen LogP contribution >= 0.6 is 12.4 Å². The van der Waals surface area contributed by atoms with Gasteiger partial charge < -0.3 is 15.4 Å². The lowest BCUT2D eigenvalue weighted by molar-refractivity contribution is 0.0936. The van der Waals surface area contributed by atoms with Gasteiger partial charge >= 0.3 is 0 Å². The Kier molecular flexibility index (Phi) is 5.63. The number of ether oxygens (including phenoxy) is 1. The Morgan fingerprint density at radius 3 is 2.87 bits per heavy atom. The Balaban J connectivity index is 0.00000192. The molecule has 124 valence electrons. The molecule has 0 saturated carbocycles. The van der Waals surface area contributed by atoms with E-state index in [1.807, 2.05) is 25.1 Å². The minimum Gasteiger partial charge on any atom is -0.494 e. The maximum absolute atomic E-state index is 12.1. The van der Waals surface area contributed by atoms with Crippen LogP contribution in [0.2, 0.25) is 0 Å². The van der Waals surface area contributed by atoms with Gasteiger partial charge in [-0.1, -0.05) is 6.07 Å². The van der Waals surface area contributed by atoms with Crippen molar-refractivity contribution in [3.8, 4) is 11.4 Å². The third-order valence-corrected chi connectivity index (χ3v) is 3.82. The molecule has 23 heavy (non-hydrogen) atoms. The normalized spacial score (nSPS) is 13.8. The number of amides is 1. The summed E-state index contributed by atoms with van der Waals surface area (Å²) in [5.41, 5.74) is 2.34. The summed E-state index contributed by atoms with van der Waals surface area (Å²) in [6.45, 7) is 4.63. The van der Waals surface area contributed by atoms with Crippen molar-refractivity contribution in [2.45, 2.75) is 6.92 Å². The van der Waals surface area contributed by atoms with Crippen molar-refractivity contribution < 1.29 is 9.53 Å². The van der Waals surface area contributed by atoms with Crippen LogP contribution in [0.1, 0.15) is 16.1 Å². The van der Waals surface area contributed by atoms with Gasteiger partial charge in [0.2, 0.25) is 0 Å². The smallest absolute Gasteiger partial charge is 0.271 e. The van der Waals surface area contributed by atoms with Crippen LogP contribution in [0.25, 0.3) is 5.69 Å². The lowest BCUT2D eigenvalue weighted by atomic mass is 10.0. The number of hydrogen-bond donors (Lipinski definition) is 2. The fraction of sp³-hybridized carbons (Fsp3) is 0.375. The van der Waals surface area contributed by atoms with Gasteiger partial charge in [0.1, 0.15) is 11.4 Å². The highest BCUT2D eigenvalue weighted by Gasteiger charge is 2.18. The first-order valence-corrected chi connectivity index (χ1v) is 7.37. The van der Waals surface area contributed by atoms with Crippen molar-refractivity contribution in [1.82, 2.24) is 20.4 Å². The number of benzene rings is 1. The molecule has 6 nitrogen and oxygen atoms in total. The fourth-order valence-corrected chi connectivity index (χ4v) is 2.38. The molecule has 0 aliphatic carbocycles. The molecule has 0 unspecified atom stereocenters. The summed E-state index contributed by atoms with van der Waals surface area (Å²) in [4.78, 5) is 12.1. The average molecular weight is 337 g/mol. The highest BCUT2D eigenvalue weighted by atomic mass is 35.5. The van der Waals surface area contributed by atoms with Gasteiger partial charge in [-0.3, -0.25) is 4.79 Å². The van der Waals surface area contributed by atoms with E-state index in [4.69, 9.17) is 4.74 Å². The number of carbonyl (C=O) groups is 1. The van der Waals surface area contributed by atoms with E-state index < -0.39 is 0 Å². The highest BCUT2D eigenvalue weighted by molar-refractivity contribution is 5.92. The first kappa shape index (κ1) is 17.3. The minimum absolute atomic E-state index is 0. The summed E-state index contributed by atoms with van der Waals surface area (Å²) in [7, 11) is 1.62. The molecule has 1 aliphatic rings. The van der Waals surface area contributed by atoms with Crippen molar-refractivity contribution in [2.24, 2.45) is 5.92 Å². The summed E-state index contributed by atoms with van der Waals surface area (Å²) in [6, 6.07) is 7.57. The maximum Gasteiger partial charge on any atom is 0.271 e. The van der Waals surface area contributed by atoms with Gasteiger partial charge in [0.15, 0.2) is 5.69 Å². The molecule has 1 saturated heterocycles. The highest BCUT2D eigenvalue weighted by Crippen LogP contribution is 2.23. The number of rotatable bonds is 5. The molecule has 1 fully saturated rings. The van der Waals surface area contributed by atoms with E-state index in [9.17, 15) is 4.79 Å². The predicted octanol–water partition coefficient (Wildman–Crippen LogP) is 1.56. The van der Waals surface area contributed by atoms with Gasteiger partial charge in [-0.25, -0.2) is 4.68 Å². The van der Waals surface area contributed by atoms with Gasteiger partial charge in [0, 0.05) is 31.7 Å². The third kappa shape index (κ3) is 3.83. The first-order valence-electron chi connectivity index (χ1n) is 7.37. The van der Waals surface area contributed by atoms with E-state index in [2.05, 4.69) is 15.7 Å². The molecule has 0 spiro atoms. The van der Waals surface area contributed by atoms with Gasteiger partial charge in [0.05, 0.1) is 7.11 Å².